The van der Waals surface area contributed by atoms with Gasteiger partial charge in [-0.05, 0) is 30.4 Å². The van der Waals surface area contributed by atoms with Crippen molar-refractivity contribution in [3.63, 3.8) is 0 Å². The molecular weight excluding hydrogens is 466 g/mol. The van der Waals surface area contributed by atoms with E-state index in [0.717, 1.165) is 31.8 Å². The van der Waals surface area contributed by atoms with Crippen LogP contribution in [0.15, 0.2) is 30.5 Å². The zero-order valence-electron chi connectivity index (χ0n) is 19.8. The molecule has 2 fully saturated rings. The number of halogens is 4. The number of piperazine rings is 1. The predicted molar refractivity (Wildman–Crippen MR) is 120 cm³/mol. The lowest BCUT2D eigenvalue weighted by molar-refractivity contribution is -0.143. The van der Waals surface area contributed by atoms with Gasteiger partial charge in [0.25, 0.3) is 5.91 Å². The van der Waals surface area contributed by atoms with Gasteiger partial charge < -0.3 is 9.80 Å². The second-order valence-corrected chi connectivity index (χ2v) is 9.58. The highest BCUT2D eigenvalue weighted by atomic mass is 19.4. The molecule has 11 heteroatoms. The van der Waals surface area contributed by atoms with E-state index in [4.69, 9.17) is 0 Å². The Morgan fingerprint density at radius 2 is 1.63 bits per heavy atom. The Bertz CT molecular complexity index is 1070. The largest absolute Gasteiger partial charge is 0.434 e. The standard InChI is InChI=1S/C24H29F4N5O2/c1-16-11-17(2)14-32(13-16)21(34)15-30-7-9-31(10-8-30)23(35)18-12-29-33(22(18)24(26,27)28)20-6-4-3-5-19(20)25/h3-6,12,16-17H,7-11,13-15H2,1-2H3. The van der Waals surface area contributed by atoms with Crippen LogP contribution in [-0.4, -0.2) is 82.1 Å². The molecule has 2 atom stereocenters. The van der Waals surface area contributed by atoms with Crippen molar-refractivity contribution in [3.8, 4) is 5.69 Å². The number of benzene rings is 1. The average molecular weight is 496 g/mol. The second kappa shape index (κ2) is 9.96. The lowest BCUT2D eigenvalue weighted by Crippen LogP contribution is -2.53. The first-order valence-corrected chi connectivity index (χ1v) is 11.7. The molecule has 1 aromatic heterocycles. The summed E-state index contributed by atoms with van der Waals surface area (Å²) in [5.41, 5.74) is -2.32. The SMILES string of the molecule is CC1CC(C)CN(C(=O)CN2CCN(C(=O)c3cnn(-c4ccccc4F)c3C(F)(F)F)CC2)C1. The zero-order chi connectivity index (χ0) is 25.3. The Hall–Kier alpha value is -2.95. The monoisotopic (exact) mass is 495 g/mol. The van der Waals surface area contributed by atoms with E-state index in [1.165, 1.54) is 23.1 Å². The van der Waals surface area contributed by atoms with E-state index >= 15 is 0 Å². The summed E-state index contributed by atoms with van der Waals surface area (Å²) < 4.78 is 56.4. The molecule has 0 aliphatic carbocycles. The van der Waals surface area contributed by atoms with E-state index in [-0.39, 0.29) is 31.2 Å². The van der Waals surface area contributed by atoms with Crippen molar-refractivity contribution in [1.29, 1.82) is 0 Å². The molecule has 2 aliphatic rings. The summed E-state index contributed by atoms with van der Waals surface area (Å²) in [6, 6.07) is 4.96. The van der Waals surface area contributed by atoms with Gasteiger partial charge >= 0.3 is 6.18 Å². The van der Waals surface area contributed by atoms with Crippen LogP contribution in [0.4, 0.5) is 17.6 Å². The number of nitrogens with zero attached hydrogens (tertiary/aromatic N) is 5. The molecular formula is C24H29F4N5O2. The summed E-state index contributed by atoms with van der Waals surface area (Å²) in [4.78, 5) is 30.9. The Kier molecular flexibility index (Phi) is 7.16. The van der Waals surface area contributed by atoms with Crippen molar-refractivity contribution in [2.24, 2.45) is 11.8 Å². The number of carbonyl (C=O) groups is 2. The van der Waals surface area contributed by atoms with Crippen molar-refractivity contribution in [2.75, 3.05) is 45.8 Å². The Balaban J connectivity index is 1.43. The number of rotatable bonds is 4. The molecule has 2 aromatic rings. The molecule has 0 saturated carbocycles. The van der Waals surface area contributed by atoms with Crippen molar-refractivity contribution in [1.82, 2.24) is 24.5 Å². The van der Waals surface area contributed by atoms with Gasteiger partial charge in [0.05, 0.1) is 18.3 Å². The lowest BCUT2D eigenvalue weighted by atomic mass is 9.92. The quantitative estimate of drug-likeness (QED) is 0.611. The number of para-hydroxylation sites is 1. The van der Waals surface area contributed by atoms with E-state index in [1.54, 1.807) is 0 Å². The molecule has 190 valence electrons. The first kappa shape index (κ1) is 25.2. The average Bonchev–Trinajstić information content (AvgIpc) is 3.24. The molecule has 2 aliphatic heterocycles. The highest BCUT2D eigenvalue weighted by Crippen LogP contribution is 2.34. The van der Waals surface area contributed by atoms with Gasteiger partial charge in [0.1, 0.15) is 11.5 Å². The number of hydrogen-bond donors (Lipinski definition) is 0. The summed E-state index contributed by atoms with van der Waals surface area (Å²) in [6.07, 6.45) is -2.98. The molecule has 2 unspecified atom stereocenters. The van der Waals surface area contributed by atoms with E-state index in [9.17, 15) is 27.2 Å². The number of hydrogen-bond acceptors (Lipinski definition) is 4. The second-order valence-electron chi connectivity index (χ2n) is 9.58. The van der Waals surface area contributed by atoms with E-state index in [0.29, 0.717) is 29.6 Å². The molecule has 35 heavy (non-hydrogen) atoms. The van der Waals surface area contributed by atoms with Crippen LogP contribution in [0.5, 0.6) is 0 Å². The highest BCUT2D eigenvalue weighted by Gasteiger charge is 2.42. The third-order valence-corrected chi connectivity index (χ3v) is 6.59. The fourth-order valence-corrected chi connectivity index (χ4v) is 5.02. The predicted octanol–water partition coefficient (Wildman–Crippen LogP) is 3.29. The van der Waals surface area contributed by atoms with Crippen LogP contribution in [0, 0.1) is 17.7 Å². The van der Waals surface area contributed by atoms with Gasteiger partial charge in [-0.25, -0.2) is 9.07 Å². The number of carbonyl (C=O) groups excluding carboxylic acids is 2. The van der Waals surface area contributed by atoms with Gasteiger partial charge in [0.2, 0.25) is 5.91 Å². The first-order valence-electron chi connectivity index (χ1n) is 11.7. The zero-order valence-corrected chi connectivity index (χ0v) is 19.8. The van der Waals surface area contributed by atoms with Crippen LogP contribution in [0.3, 0.4) is 0 Å². The third-order valence-electron chi connectivity index (χ3n) is 6.59. The van der Waals surface area contributed by atoms with Gasteiger partial charge in [-0.15, -0.1) is 0 Å². The van der Waals surface area contributed by atoms with Gasteiger partial charge in [-0.2, -0.15) is 18.3 Å². The maximum absolute atomic E-state index is 14.2. The normalized spacial score (nSPS) is 21.9. The molecule has 4 rings (SSSR count). The number of piperidine rings is 1. The van der Waals surface area contributed by atoms with Crippen LogP contribution in [0.2, 0.25) is 0 Å². The van der Waals surface area contributed by atoms with Crippen molar-refractivity contribution >= 4 is 11.8 Å². The summed E-state index contributed by atoms with van der Waals surface area (Å²) in [5.74, 6) is -0.760. The number of alkyl halides is 3. The fraction of sp³-hybridized carbons (Fsp3) is 0.542. The molecule has 0 radical (unpaired) electrons. The minimum absolute atomic E-state index is 0.0358. The molecule has 1 aromatic carbocycles. The maximum Gasteiger partial charge on any atom is 0.434 e. The summed E-state index contributed by atoms with van der Waals surface area (Å²) in [6.45, 7) is 7.05. The molecule has 0 N–H and O–H groups in total. The smallest absolute Gasteiger partial charge is 0.341 e. The van der Waals surface area contributed by atoms with Crippen LogP contribution in [0.25, 0.3) is 5.69 Å². The van der Waals surface area contributed by atoms with Crippen LogP contribution in [-0.2, 0) is 11.0 Å². The first-order chi connectivity index (χ1) is 16.5. The molecule has 2 saturated heterocycles. The van der Waals surface area contributed by atoms with Gasteiger partial charge in [-0.1, -0.05) is 26.0 Å². The maximum atomic E-state index is 14.2. The highest BCUT2D eigenvalue weighted by molar-refractivity contribution is 5.95. The minimum atomic E-state index is -4.92. The Labute approximate surface area is 201 Å². The van der Waals surface area contributed by atoms with Crippen molar-refractivity contribution in [2.45, 2.75) is 26.4 Å². The summed E-state index contributed by atoms with van der Waals surface area (Å²) >= 11 is 0. The lowest BCUT2D eigenvalue weighted by Gasteiger charge is -2.38. The number of likely N-dealkylation sites (tertiary alicyclic amines) is 1. The minimum Gasteiger partial charge on any atom is -0.341 e. The van der Waals surface area contributed by atoms with E-state index < -0.39 is 29.2 Å². The fourth-order valence-electron chi connectivity index (χ4n) is 5.02. The Morgan fingerprint density at radius 1 is 1.00 bits per heavy atom. The molecule has 0 spiro atoms. The van der Waals surface area contributed by atoms with Crippen molar-refractivity contribution in [3.05, 3.63) is 47.5 Å². The molecule has 3 heterocycles. The van der Waals surface area contributed by atoms with Gasteiger partial charge in [0.15, 0.2) is 5.69 Å². The van der Waals surface area contributed by atoms with Crippen LogP contribution >= 0.6 is 0 Å². The van der Waals surface area contributed by atoms with Crippen LogP contribution < -0.4 is 0 Å². The Morgan fingerprint density at radius 3 is 2.23 bits per heavy atom. The summed E-state index contributed by atoms with van der Waals surface area (Å²) in [7, 11) is 0. The van der Waals surface area contributed by atoms with Crippen LogP contribution in [0.1, 0.15) is 36.3 Å². The van der Waals surface area contributed by atoms with Crippen molar-refractivity contribution < 1.29 is 27.2 Å². The van der Waals surface area contributed by atoms with E-state index in [2.05, 4.69) is 18.9 Å². The third kappa shape index (κ3) is 5.50. The topological polar surface area (TPSA) is 61.7 Å². The number of amides is 2. The molecule has 2 amide bonds. The molecule has 7 nitrogen and oxygen atoms in total. The number of aromatic nitrogens is 2. The van der Waals surface area contributed by atoms with E-state index in [1.807, 2.05) is 9.80 Å². The van der Waals surface area contributed by atoms with Gasteiger partial charge in [-0.3, -0.25) is 14.5 Å². The van der Waals surface area contributed by atoms with Gasteiger partial charge in [0, 0.05) is 39.3 Å². The summed E-state index contributed by atoms with van der Waals surface area (Å²) in [5, 5.41) is 3.70. The molecule has 0 bridgehead atoms.